The van der Waals surface area contributed by atoms with Gasteiger partial charge in [-0.25, -0.2) is 27.5 Å². The minimum atomic E-state index is -4.25. The van der Waals surface area contributed by atoms with E-state index in [0.717, 1.165) is 68.2 Å². The molecule has 0 bridgehead atoms. The highest BCUT2D eigenvalue weighted by molar-refractivity contribution is 7.92. The summed E-state index contributed by atoms with van der Waals surface area (Å²) in [5.74, 6) is -0.209. The van der Waals surface area contributed by atoms with Gasteiger partial charge in [0.05, 0.1) is 25.1 Å². The molecule has 0 spiro atoms. The van der Waals surface area contributed by atoms with E-state index in [1.54, 1.807) is 16.9 Å². The third kappa shape index (κ3) is 6.82. The third-order valence-corrected chi connectivity index (χ3v) is 9.06. The lowest BCUT2D eigenvalue weighted by Crippen LogP contribution is -2.37. The largest absolute Gasteiger partial charge is 0.494 e. The normalized spacial score (nSPS) is 14.2. The van der Waals surface area contributed by atoms with Crippen molar-refractivity contribution in [2.75, 3.05) is 50.0 Å². The number of morpholine rings is 1. The predicted molar refractivity (Wildman–Crippen MR) is 153 cm³/mol. The molecule has 15 heteroatoms. The second-order valence-electron chi connectivity index (χ2n) is 9.20. The van der Waals surface area contributed by atoms with Crippen LogP contribution in [0.1, 0.15) is 6.42 Å². The van der Waals surface area contributed by atoms with E-state index in [0.29, 0.717) is 22.1 Å². The van der Waals surface area contributed by atoms with Gasteiger partial charge in [-0.3, -0.25) is 9.69 Å². The monoisotopic (exact) mass is 602 g/mol. The Morgan fingerprint density at radius 3 is 2.59 bits per heavy atom. The van der Waals surface area contributed by atoms with Crippen molar-refractivity contribution in [3.63, 3.8) is 0 Å². The van der Waals surface area contributed by atoms with Gasteiger partial charge < -0.3 is 20.5 Å². The Balaban J connectivity index is 1.24. The van der Waals surface area contributed by atoms with E-state index in [-0.39, 0.29) is 21.6 Å². The van der Waals surface area contributed by atoms with Gasteiger partial charge >= 0.3 is 6.03 Å². The number of urea groups is 1. The summed E-state index contributed by atoms with van der Waals surface area (Å²) in [5.41, 5.74) is 0.435. The highest BCUT2D eigenvalue weighted by Crippen LogP contribution is 2.27. The highest BCUT2D eigenvalue weighted by Gasteiger charge is 2.20. The number of sulfonamides is 1. The number of hydrogen-bond donors (Lipinski definition) is 4. The van der Waals surface area contributed by atoms with Gasteiger partial charge in [0.2, 0.25) is 5.88 Å². The van der Waals surface area contributed by atoms with Crippen molar-refractivity contribution in [1.29, 1.82) is 0 Å². The number of pyridine rings is 2. The fraction of sp³-hybridized carbons (Fsp3) is 0.269. The molecule has 1 saturated heterocycles. The van der Waals surface area contributed by atoms with E-state index in [4.69, 9.17) is 4.74 Å². The quantitative estimate of drug-likeness (QED) is 0.212. The Bertz CT molecular complexity index is 1720. The number of ether oxygens (including phenoxy) is 1. The number of amides is 2. The van der Waals surface area contributed by atoms with E-state index in [1.165, 1.54) is 24.4 Å². The first-order chi connectivity index (χ1) is 19.7. The predicted octanol–water partition coefficient (Wildman–Crippen LogP) is 2.94. The number of carbonyl (C=O) groups is 1. The number of aromatic hydroxyl groups is 1. The van der Waals surface area contributed by atoms with Gasteiger partial charge in [0.1, 0.15) is 10.0 Å². The average molecular weight is 603 g/mol. The molecule has 216 valence electrons. The zero-order valence-electron chi connectivity index (χ0n) is 21.7. The molecular weight excluding hydrogens is 575 g/mol. The number of rotatable bonds is 9. The Labute approximate surface area is 238 Å². The van der Waals surface area contributed by atoms with E-state index in [2.05, 4.69) is 20.5 Å². The summed E-state index contributed by atoms with van der Waals surface area (Å²) < 4.78 is 45.4. The van der Waals surface area contributed by atoms with Gasteiger partial charge in [-0.2, -0.15) is 4.39 Å². The maximum atomic E-state index is 13.2. The van der Waals surface area contributed by atoms with Gasteiger partial charge in [0.25, 0.3) is 15.6 Å². The highest BCUT2D eigenvalue weighted by atomic mass is 32.2. The van der Waals surface area contributed by atoms with Crippen molar-refractivity contribution in [2.24, 2.45) is 0 Å². The number of nitrogens with one attached hydrogen (secondary N) is 3. The number of thiophene rings is 1. The summed E-state index contributed by atoms with van der Waals surface area (Å²) in [5, 5.41) is 16.9. The first kappa shape index (κ1) is 28.5. The molecule has 0 saturated carbocycles. The van der Waals surface area contributed by atoms with E-state index in [1.807, 2.05) is 6.07 Å². The number of benzene rings is 1. The first-order valence-electron chi connectivity index (χ1n) is 12.7. The molecule has 3 aromatic heterocycles. The Hall–Kier alpha value is -4.05. The zero-order valence-corrected chi connectivity index (χ0v) is 23.3. The number of aromatic nitrogens is 2. The van der Waals surface area contributed by atoms with Crippen LogP contribution in [0.2, 0.25) is 0 Å². The van der Waals surface area contributed by atoms with Crippen LogP contribution in [0, 0.1) is 5.13 Å². The molecule has 12 nitrogen and oxygen atoms in total. The molecular formula is C26H27FN6O6S2. The SMILES string of the molecule is O=C(Nc1ccc(-n2c(O)c3ccc(NCCCN4CCOCC4)cc3cc2=O)nc1)NS(=O)(=O)c1ccc(F)s1. The molecule has 1 aromatic carbocycles. The number of fused-ring (bicyclic) bond motifs is 1. The lowest BCUT2D eigenvalue weighted by Gasteiger charge is -2.26. The van der Waals surface area contributed by atoms with Crippen molar-refractivity contribution in [2.45, 2.75) is 10.6 Å². The molecule has 4 aromatic rings. The lowest BCUT2D eigenvalue weighted by atomic mass is 10.1. The summed E-state index contributed by atoms with van der Waals surface area (Å²) in [7, 11) is -4.25. The van der Waals surface area contributed by atoms with Gasteiger partial charge in [-0.15, -0.1) is 0 Å². The minimum absolute atomic E-state index is 0.0901. The number of carbonyl (C=O) groups excluding carboxylic acids is 1. The van der Waals surface area contributed by atoms with Crippen molar-refractivity contribution in [1.82, 2.24) is 19.2 Å². The van der Waals surface area contributed by atoms with Crippen LogP contribution in [0.15, 0.2) is 63.7 Å². The summed E-state index contributed by atoms with van der Waals surface area (Å²) >= 11 is 0.382. The molecule has 0 atom stereocenters. The minimum Gasteiger partial charge on any atom is -0.494 e. The molecule has 41 heavy (non-hydrogen) atoms. The van der Waals surface area contributed by atoms with Crippen molar-refractivity contribution >= 4 is 49.5 Å². The number of anilines is 2. The molecule has 0 radical (unpaired) electrons. The van der Waals surface area contributed by atoms with Crippen LogP contribution >= 0.6 is 11.3 Å². The summed E-state index contributed by atoms with van der Waals surface area (Å²) in [4.78, 5) is 31.6. The second-order valence-corrected chi connectivity index (χ2v) is 12.1. The van der Waals surface area contributed by atoms with Crippen LogP contribution in [-0.4, -0.2) is 73.4 Å². The van der Waals surface area contributed by atoms with Crippen molar-refractivity contribution in [3.05, 3.63) is 70.2 Å². The van der Waals surface area contributed by atoms with E-state index < -0.39 is 26.7 Å². The Morgan fingerprint density at radius 2 is 1.88 bits per heavy atom. The molecule has 1 fully saturated rings. The fourth-order valence-electron chi connectivity index (χ4n) is 4.36. The summed E-state index contributed by atoms with van der Waals surface area (Å²) in [6.45, 7) is 5.13. The van der Waals surface area contributed by atoms with Crippen LogP contribution in [0.4, 0.5) is 20.6 Å². The topological polar surface area (TPSA) is 155 Å². The van der Waals surface area contributed by atoms with E-state index in [9.17, 15) is 27.5 Å². The zero-order chi connectivity index (χ0) is 29.0. The summed E-state index contributed by atoms with van der Waals surface area (Å²) in [6, 6.07) is 10.5. The van der Waals surface area contributed by atoms with E-state index >= 15 is 0 Å². The molecule has 0 unspecified atom stereocenters. The van der Waals surface area contributed by atoms with Crippen LogP contribution in [0.3, 0.4) is 0 Å². The number of hydrogen-bond acceptors (Lipinski definition) is 10. The lowest BCUT2D eigenvalue weighted by molar-refractivity contribution is 0.0378. The fourth-order valence-corrected chi connectivity index (χ4v) is 6.27. The molecule has 1 aliphatic rings. The van der Waals surface area contributed by atoms with Crippen LogP contribution in [0.25, 0.3) is 16.6 Å². The average Bonchev–Trinajstić information content (AvgIpc) is 3.39. The van der Waals surface area contributed by atoms with Gasteiger partial charge in [-0.1, -0.05) is 11.3 Å². The molecule has 5 rings (SSSR count). The molecule has 4 N–H and O–H groups in total. The van der Waals surface area contributed by atoms with Crippen LogP contribution in [-0.2, 0) is 14.8 Å². The standard InChI is InChI=1S/C26H27FN6O6S2/c27-21-5-7-24(40-21)41(37,38)31-26(36)30-19-3-6-22(29-16-19)33-23(34)15-17-14-18(2-4-20(17)25(33)35)28-8-1-9-32-10-12-39-13-11-32/h2-7,14-16,28,35H,1,8-13H2,(H2,30,31,36). The van der Waals surface area contributed by atoms with Crippen molar-refractivity contribution in [3.8, 4) is 11.7 Å². The van der Waals surface area contributed by atoms with Gasteiger partial charge in [0, 0.05) is 36.8 Å². The molecule has 1 aliphatic heterocycles. The van der Waals surface area contributed by atoms with Crippen molar-refractivity contribution < 1.29 is 27.4 Å². The molecule has 0 aliphatic carbocycles. The Kier molecular flexibility index (Phi) is 8.49. The van der Waals surface area contributed by atoms with Gasteiger partial charge in [-0.05, 0) is 60.8 Å². The van der Waals surface area contributed by atoms with Gasteiger partial charge in [0.15, 0.2) is 5.13 Å². The maximum Gasteiger partial charge on any atom is 0.333 e. The number of halogens is 1. The maximum absolute atomic E-state index is 13.2. The first-order valence-corrected chi connectivity index (χ1v) is 15.0. The molecule has 2 amide bonds. The Morgan fingerprint density at radius 1 is 1.10 bits per heavy atom. The van der Waals surface area contributed by atoms with Crippen LogP contribution in [0.5, 0.6) is 5.88 Å². The summed E-state index contributed by atoms with van der Waals surface area (Å²) in [6.07, 6.45) is 2.15. The number of nitrogens with zero attached hydrogens (tertiary/aromatic N) is 3. The van der Waals surface area contributed by atoms with Crippen LogP contribution < -0.4 is 20.9 Å². The second kappa shape index (κ2) is 12.2. The third-order valence-electron chi connectivity index (χ3n) is 6.36. The molecule has 4 heterocycles. The smallest absolute Gasteiger partial charge is 0.333 e.